The molecule has 0 heterocycles. The predicted octanol–water partition coefficient (Wildman–Crippen LogP) is 3.34. The van der Waals surface area contributed by atoms with Gasteiger partial charge in [-0.15, -0.1) is 0 Å². The smallest absolute Gasteiger partial charge is 0.364 e. The Bertz CT molecular complexity index is 1200. The average molecular weight is 528 g/mol. The lowest BCUT2D eigenvalue weighted by Crippen LogP contribution is -2.50. The molecular weight excluding hydrogens is 498 g/mol. The minimum atomic E-state index is -1.05. The molecule has 3 aromatic carbocycles. The van der Waals surface area contributed by atoms with Gasteiger partial charge in [-0.25, -0.2) is 4.79 Å². The first-order valence-electron chi connectivity index (χ1n) is 11.2. The first kappa shape index (κ1) is 29.1. The number of anilines is 1. The van der Waals surface area contributed by atoms with Crippen molar-refractivity contribution in [3.63, 3.8) is 0 Å². The van der Waals surface area contributed by atoms with Crippen LogP contribution in [0.5, 0.6) is 5.75 Å². The number of carboxylic acid groups (broad SMARTS) is 2. The summed E-state index contributed by atoms with van der Waals surface area (Å²) in [6.45, 7) is -0.250. The molecule has 11 heteroatoms. The van der Waals surface area contributed by atoms with E-state index < -0.39 is 29.2 Å². The molecule has 0 saturated heterocycles. The second-order valence-electron chi connectivity index (χ2n) is 7.74. The van der Waals surface area contributed by atoms with Gasteiger partial charge in [0.05, 0.1) is 13.2 Å². The molecule has 0 aliphatic rings. The van der Waals surface area contributed by atoms with Crippen molar-refractivity contribution in [2.45, 2.75) is 24.9 Å². The molecule has 2 atom stereocenters. The monoisotopic (exact) mass is 527 g/mol. The first-order chi connectivity index (χ1) is 17.8. The van der Waals surface area contributed by atoms with Crippen LogP contribution < -0.4 is 21.1 Å². The number of fused-ring (bicyclic) bond motifs is 1. The maximum atomic E-state index is 13.1. The van der Waals surface area contributed by atoms with Crippen LogP contribution in [0.4, 0.5) is 10.5 Å². The van der Waals surface area contributed by atoms with Gasteiger partial charge in [-0.2, -0.15) is 0 Å². The summed E-state index contributed by atoms with van der Waals surface area (Å²) >= 11 is 0.670. The summed E-state index contributed by atoms with van der Waals surface area (Å²) in [5, 5.41) is 22.2. The van der Waals surface area contributed by atoms with E-state index in [9.17, 15) is 14.4 Å². The highest BCUT2D eigenvalue weighted by atomic mass is 32.2. The Balaban J connectivity index is 0.00000153. The molecule has 0 aliphatic heterocycles. The molecule has 37 heavy (non-hydrogen) atoms. The van der Waals surface area contributed by atoms with Crippen LogP contribution in [0.3, 0.4) is 0 Å². The first-order valence-corrected chi connectivity index (χ1v) is 12.2. The molecule has 0 aromatic heterocycles. The van der Waals surface area contributed by atoms with Crippen LogP contribution in [0.15, 0.2) is 66.7 Å². The number of carbonyl (C=O) groups excluding carboxylic acids is 2. The lowest BCUT2D eigenvalue weighted by molar-refractivity contribution is -0.127. The van der Waals surface area contributed by atoms with Crippen LogP contribution in [-0.4, -0.2) is 58.7 Å². The molecular formula is C26H29N3O7S. The topological polar surface area (TPSA) is 168 Å². The molecule has 0 unspecified atom stereocenters. The molecule has 2 amide bonds. The third-order valence-corrected chi connectivity index (χ3v) is 5.95. The minimum Gasteiger partial charge on any atom is -0.497 e. The number of nitrogens with one attached hydrogen (secondary N) is 2. The summed E-state index contributed by atoms with van der Waals surface area (Å²) in [5.74, 6) is -0.0823. The van der Waals surface area contributed by atoms with E-state index in [1.165, 1.54) is 0 Å². The molecule has 0 saturated carbocycles. The number of amides is 2. The Kier molecular flexibility index (Phi) is 11.9. The highest BCUT2D eigenvalue weighted by molar-refractivity contribution is 8.13. The predicted molar refractivity (Wildman–Crippen MR) is 143 cm³/mol. The Labute approximate surface area is 218 Å². The van der Waals surface area contributed by atoms with Gasteiger partial charge in [-0.1, -0.05) is 48.5 Å². The number of ether oxygens (including phenoxy) is 1. The number of carbonyl (C=O) groups is 4. The molecule has 0 fully saturated rings. The summed E-state index contributed by atoms with van der Waals surface area (Å²) in [5.41, 5.74) is 7.55. The van der Waals surface area contributed by atoms with Crippen molar-refractivity contribution >= 4 is 51.8 Å². The van der Waals surface area contributed by atoms with E-state index in [-0.39, 0.29) is 25.1 Å². The van der Waals surface area contributed by atoms with Crippen LogP contribution in [-0.2, 0) is 20.8 Å². The van der Waals surface area contributed by atoms with Crippen molar-refractivity contribution < 1.29 is 34.1 Å². The molecule has 10 nitrogen and oxygen atoms in total. The Morgan fingerprint density at radius 2 is 1.68 bits per heavy atom. The summed E-state index contributed by atoms with van der Waals surface area (Å²) in [6.07, 6.45) is 0.409. The second kappa shape index (κ2) is 15.1. The van der Waals surface area contributed by atoms with Gasteiger partial charge >= 0.3 is 5.30 Å². The largest absolute Gasteiger partial charge is 0.497 e. The molecule has 0 aliphatic carbocycles. The average Bonchev–Trinajstić information content (AvgIpc) is 2.89. The summed E-state index contributed by atoms with van der Waals surface area (Å²) in [4.78, 5) is 45.1. The summed E-state index contributed by atoms with van der Waals surface area (Å²) in [6, 6.07) is 18.5. The van der Waals surface area contributed by atoms with E-state index in [4.69, 9.17) is 25.5 Å². The summed E-state index contributed by atoms with van der Waals surface area (Å²) < 4.78 is 5.13. The van der Waals surface area contributed by atoms with Gasteiger partial charge < -0.3 is 31.3 Å². The van der Waals surface area contributed by atoms with Crippen molar-refractivity contribution in [1.29, 1.82) is 0 Å². The molecule has 0 bridgehead atoms. The lowest BCUT2D eigenvalue weighted by Gasteiger charge is -2.21. The van der Waals surface area contributed by atoms with Crippen molar-refractivity contribution in [2.75, 3.05) is 18.2 Å². The van der Waals surface area contributed by atoms with Gasteiger partial charge in [-0.3, -0.25) is 14.4 Å². The van der Waals surface area contributed by atoms with Gasteiger partial charge in [0.1, 0.15) is 11.8 Å². The number of benzene rings is 3. The Hall–Kier alpha value is -4.09. The van der Waals surface area contributed by atoms with E-state index >= 15 is 0 Å². The van der Waals surface area contributed by atoms with Gasteiger partial charge in [0, 0.05) is 16.8 Å². The fourth-order valence-electron chi connectivity index (χ4n) is 3.47. The quantitative estimate of drug-likeness (QED) is 0.248. The van der Waals surface area contributed by atoms with Crippen LogP contribution in [0.2, 0.25) is 0 Å². The number of methoxy groups -OCH3 is 1. The standard InChI is InChI=1S/C25H27N3O5S.CH2O2/c1-33-18-11-9-16(10-12-18)15-20(26)23(29)28-22(13-14-34-25(31)32)24(30)27-21-8-4-6-17-5-2-3-7-19(17)21;2-1-3/h2-12,20,22H,13-15,26H2,1H3,(H,27,30)(H,28,29)(H,31,32);1H,(H,2,3)/t20-,22-;/m0./s1. The van der Waals surface area contributed by atoms with E-state index in [2.05, 4.69) is 10.6 Å². The fraction of sp³-hybridized carbons (Fsp3) is 0.231. The number of thioether (sulfide) groups is 1. The molecule has 196 valence electrons. The van der Waals surface area contributed by atoms with Crippen molar-refractivity contribution in [3.8, 4) is 5.75 Å². The van der Waals surface area contributed by atoms with Gasteiger partial charge in [0.15, 0.2) is 0 Å². The Morgan fingerprint density at radius 3 is 2.32 bits per heavy atom. The van der Waals surface area contributed by atoms with Crippen molar-refractivity contribution in [3.05, 3.63) is 72.3 Å². The number of hydrogen-bond acceptors (Lipinski definition) is 7. The maximum Gasteiger partial charge on any atom is 0.364 e. The van der Waals surface area contributed by atoms with Crippen LogP contribution in [0.25, 0.3) is 10.8 Å². The van der Waals surface area contributed by atoms with Crippen LogP contribution in [0.1, 0.15) is 12.0 Å². The van der Waals surface area contributed by atoms with E-state index in [1.54, 1.807) is 25.3 Å². The lowest BCUT2D eigenvalue weighted by atomic mass is 10.0. The third-order valence-electron chi connectivity index (χ3n) is 5.26. The second-order valence-corrected chi connectivity index (χ2v) is 8.79. The summed E-state index contributed by atoms with van der Waals surface area (Å²) in [7, 11) is 1.57. The maximum absolute atomic E-state index is 13.1. The molecule has 6 N–H and O–H groups in total. The number of hydrogen-bond donors (Lipinski definition) is 5. The van der Waals surface area contributed by atoms with Crippen LogP contribution in [0, 0.1) is 0 Å². The zero-order valence-corrected chi connectivity index (χ0v) is 20.9. The van der Waals surface area contributed by atoms with Gasteiger partial charge in [0.25, 0.3) is 6.47 Å². The van der Waals surface area contributed by atoms with Gasteiger partial charge in [-0.05, 0) is 53.8 Å². The SMILES string of the molecule is COc1ccc(C[C@H](N)C(=O)N[C@@H](CCSC(=O)O)C(=O)Nc2cccc3ccccc23)cc1.O=CO. The number of rotatable bonds is 10. The fourth-order valence-corrected chi connectivity index (χ4v) is 4.00. The zero-order chi connectivity index (χ0) is 27.2. The van der Waals surface area contributed by atoms with Crippen molar-refractivity contribution in [2.24, 2.45) is 5.73 Å². The molecule has 3 aromatic rings. The molecule has 3 rings (SSSR count). The normalized spacial score (nSPS) is 11.8. The Morgan fingerprint density at radius 1 is 1.03 bits per heavy atom. The van der Waals surface area contributed by atoms with E-state index in [0.717, 1.165) is 16.3 Å². The van der Waals surface area contributed by atoms with Crippen molar-refractivity contribution in [1.82, 2.24) is 5.32 Å². The zero-order valence-electron chi connectivity index (χ0n) is 20.1. The van der Waals surface area contributed by atoms with Crippen LogP contribution >= 0.6 is 11.8 Å². The minimum absolute atomic E-state index is 0.133. The van der Waals surface area contributed by atoms with Gasteiger partial charge in [0.2, 0.25) is 11.8 Å². The molecule has 0 radical (unpaired) electrons. The third kappa shape index (κ3) is 9.47. The number of nitrogens with two attached hydrogens (primary N) is 1. The van der Waals surface area contributed by atoms with E-state index in [0.29, 0.717) is 23.2 Å². The highest BCUT2D eigenvalue weighted by Crippen LogP contribution is 2.23. The highest BCUT2D eigenvalue weighted by Gasteiger charge is 2.25. The van der Waals surface area contributed by atoms with E-state index in [1.807, 2.05) is 48.5 Å². The molecule has 0 spiro atoms.